The van der Waals surface area contributed by atoms with Crippen LogP contribution < -0.4 is 11.1 Å². The van der Waals surface area contributed by atoms with Crippen molar-refractivity contribution in [3.8, 4) is 0 Å². The van der Waals surface area contributed by atoms with Gasteiger partial charge in [0.25, 0.3) is 0 Å². The molecular weight excluding hydrogens is 197 g/mol. The number of benzene rings is 1. The lowest BCUT2D eigenvalue weighted by Gasteiger charge is -2.14. The van der Waals surface area contributed by atoms with E-state index in [1.807, 2.05) is 0 Å². The topological polar surface area (TPSA) is 70.6 Å². The standard InChI is InChI=1S/C10H14FN3O/c1-6-5-8(3-4-9(6)11)13-7(2)10(12)14-15/h3-5,7,13,15H,1-2H3,(H2,12,14). The first-order valence-corrected chi connectivity index (χ1v) is 4.54. The Labute approximate surface area is 87.6 Å². The molecule has 0 aromatic heterocycles. The van der Waals surface area contributed by atoms with Gasteiger partial charge in [0.2, 0.25) is 0 Å². The minimum absolute atomic E-state index is 0.0805. The SMILES string of the molecule is Cc1cc(NC(C)C(N)=NO)ccc1F. The monoisotopic (exact) mass is 211 g/mol. The van der Waals surface area contributed by atoms with Gasteiger partial charge in [0.15, 0.2) is 5.84 Å². The highest BCUT2D eigenvalue weighted by Gasteiger charge is 2.07. The van der Waals surface area contributed by atoms with Gasteiger partial charge in [-0.1, -0.05) is 5.16 Å². The Bertz CT molecular complexity index is 379. The first kappa shape index (κ1) is 11.3. The number of hydrogen-bond donors (Lipinski definition) is 3. The fourth-order valence-electron chi connectivity index (χ4n) is 1.15. The number of nitrogens with zero attached hydrogens (tertiary/aromatic N) is 1. The Morgan fingerprint density at radius 2 is 2.27 bits per heavy atom. The molecule has 82 valence electrons. The maximum atomic E-state index is 12.9. The van der Waals surface area contributed by atoms with Crippen LogP contribution in [0.15, 0.2) is 23.4 Å². The van der Waals surface area contributed by atoms with Gasteiger partial charge in [-0.15, -0.1) is 0 Å². The number of halogens is 1. The van der Waals surface area contributed by atoms with E-state index in [0.29, 0.717) is 5.56 Å². The van der Waals surface area contributed by atoms with Gasteiger partial charge in [-0.05, 0) is 37.6 Å². The zero-order chi connectivity index (χ0) is 11.4. The fraction of sp³-hybridized carbons (Fsp3) is 0.300. The summed E-state index contributed by atoms with van der Waals surface area (Å²) >= 11 is 0. The summed E-state index contributed by atoms with van der Waals surface area (Å²) in [6, 6.07) is 4.33. The van der Waals surface area contributed by atoms with E-state index in [0.717, 1.165) is 5.69 Å². The van der Waals surface area contributed by atoms with E-state index in [1.54, 1.807) is 26.0 Å². The van der Waals surface area contributed by atoms with Crippen LogP contribution in [0.5, 0.6) is 0 Å². The number of anilines is 1. The van der Waals surface area contributed by atoms with Crippen LogP contribution in [0.2, 0.25) is 0 Å². The highest BCUT2D eigenvalue weighted by atomic mass is 19.1. The predicted molar refractivity (Wildman–Crippen MR) is 57.6 cm³/mol. The molecule has 1 aromatic carbocycles. The second kappa shape index (κ2) is 4.63. The molecule has 15 heavy (non-hydrogen) atoms. The van der Waals surface area contributed by atoms with E-state index in [1.165, 1.54) is 6.07 Å². The number of aryl methyl sites for hydroxylation is 1. The molecule has 0 radical (unpaired) electrons. The number of amidine groups is 1. The first-order valence-electron chi connectivity index (χ1n) is 4.54. The fourth-order valence-corrected chi connectivity index (χ4v) is 1.15. The van der Waals surface area contributed by atoms with Crippen molar-refractivity contribution in [1.29, 1.82) is 0 Å². The van der Waals surface area contributed by atoms with Crippen LogP contribution in [0, 0.1) is 12.7 Å². The molecule has 0 aliphatic heterocycles. The summed E-state index contributed by atoms with van der Waals surface area (Å²) in [7, 11) is 0. The summed E-state index contributed by atoms with van der Waals surface area (Å²) in [5, 5.41) is 14.3. The molecule has 1 rings (SSSR count). The molecule has 0 heterocycles. The molecule has 1 aromatic rings. The van der Waals surface area contributed by atoms with Crippen LogP contribution in [0.3, 0.4) is 0 Å². The molecule has 0 aliphatic carbocycles. The average molecular weight is 211 g/mol. The highest BCUT2D eigenvalue weighted by Crippen LogP contribution is 2.14. The lowest BCUT2D eigenvalue weighted by Crippen LogP contribution is -2.32. The Hall–Kier alpha value is -1.78. The van der Waals surface area contributed by atoms with Gasteiger partial charge in [-0.25, -0.2) is 4.39 Å². The molecule has 0 saturated heterocycles. The van der Waals surface area contributed by atoms with Gasteiger partial charge in [0, 0.05) is 5.69 Å². The van der Waals surface area contributed by atoms with Gasteiger partial charge in [-0.2, -0.15) is 0 Å². The van der Waals surface area contributed by atoms with E-state index in [4.69, 9.17) is 10.9 Å². The molecule has 0 fully saturated rings. The third-order valence-corrected chi connectivity index (χ3v) is 2.10. The van der Waals surface area contributed by atoms with Gasteiger partial charge >= 0.3 is 0 Å². The normalized spacial score (nSPS) is 13.7. The van der Waals surface area contributed by atoms with Crippen LogP contribution >= 0.6 is 0 Å². The lowest BCUT2D eigenvalue weighted by molar-refractivity contribution is 0.316. The summed E-state index contributed by atoms with van der Waals surface area (Å²) in [5.41, 5.74) is 6.67. The van der Waals surface area contributed by atoms with Crippen molar-refractivity contribution in [3.05, 3.63) is 29.6 Å². The number of nitrogens with one attached hydrogen (secondary N) is 1. The van der Waals surface area contributed by atoms with Crippen molar-refractivity contribution in [3.63, 3.8) is 0 Å². The lowest BCUT2D eigenvalue weighted by atomic mass is 10.2. The molecule has 0 spiro atoms. The highest BCUT2D eigenvalue weighted by molar-refractivity contribution is 5.87. The largest absolute Gasteiger partial charge is 0.409 e. The van der Waals surface area contributed by atoms with Crippen molar-refractivity contribution in [1.82, 2.24) is 0 Å². The van der Waals surface area contributed by atoms with Crippen molar-refractivity contribution in [2.45, 2.75) is 19.9 Å². The van der Waals surface area contributed by atoms with E-state index >= 15 is 0 Å². The van der Waals surface area contributed by atoms with Crippen molar-refractivity contribution < 1.29 is 9.60 Å². The van der Waals surface area contributed by atoms with Crippen LogP contribution in [0.25, 0.3) is 0 Å². The maximum absolute atomic E-state index is 12.9. The minimum Gasteiger partial charge on any atom is -0.409 e. The Kier molecular flexibility index (Phi) is 3.49. The molecule has 4 nitrogen and oxygen atoms in total. The molecule has 0 aliphatic rings. The van der Waals surface area contributed by atoms with Crippen LogP contribution in [-0.2, 0) is 0 Å². The van der Waals surface area contributed by atoms with Crippen LogP contribution in [0.1, 0.15) is 12.5 Å². The molecule has 0 bridgehead atoms. The number of rotatable bonds is 3. The third kappa shape index (κ3) is 2.83. The molecule has 1 unspecified atom stereocenters. The van der Waals surface area contributed by atoms with Gasteiger partial charge in [0.1, 0.15) is 5.82 Å². The zero-order valence-electron chi connectivity index (χ0n) is 8.66. The summed E-state index contributed by atoms with van der Waals surface area (Å²) < 4.78 is 12.9. The zero-order valence-corrected chi connectivity index (χ0v) is 8.66. The average Bonchev–Trinajstić information content (AvgIpc) is 2.22. The number of oxime groups is 1. The summed E-state index contributed by atoms with van der Waals surface area (Å²) in [6.45, 7) is 3.42. The number of nitrogens with two attached hydrogens (primary N) is 1. The minimum atomic E-state index is -0.306. The summed E-state index contributed by atoms with van der Waals surface area (Å²) in [6.07, 6.45) is 0. The molecule has 0 saturated carbocycles. The van der Waals surface area contributed by atoms with Crippen molar-refractivity contribution in [2.24, 2.45) is 10.9 Å². The van der Waals surface area contributed by atoms with Gasteiger partial charge < -0.3 is 16.3 Å². The Morgan fingerprint density at radius 3 is 2.80 bits per heavy atom. The van der Waals surface area contributed by atoms with Crippen LogP contribution in [0.4, 0.5) is 10.1 Å². The Balaban J connectivity index is 2.77. The van der Waals surface area contributed by atoms with E-state index < -0.39 is 0 Å². The third-order valence-electron chi connectivity index (χ3n) is 2.10. The second-order valence-electron chi connectivity index (χ2n) is 3.35. The summed E-state index contributed by atoms with van der Waals surface area (Å²) in [4.78, 5) is 0. The van der Waals surface area contributed by atoms with Crippen LogP contribution in [-0.4, -0.2) is 17.1 Å². The van der Waals surface area contributed by atoms with E-state index in [2.05, 4.69) is 10.5 Å². The van der Waals surface area contributed by atoms with E-state index in [9.17, 15) is 4.39 Å². The molecular formula is C10H14FN3O. The molecule has 1 atom stereocenters. The molecule has 4 N–H and O–H groups in total. The van der Waals surface area contributed by atoms with E-state index in [-0.39, 0.29) is 17.7 Å². The van der Waals surface area contributed by atoms with Gasteiger partial charge in [0.05, 0.1) is 6.04 Å². The van der Waals surface area contributed by atoms with Crippen molar-refractivity contribution in [2.75, 3.05) is 5.32 Å². The quantitative estimate of drug-likeness (QED) is 0.308. The van der Waals surface area contributed by atoms with Gasteiger partial charge in [-0.3, -0.25) is 0 Å². The predicted octanol–water partition coefficient (Wildman–Crippen LogP) is 1.68. The molecule has 0 amide bonds. The smallest absolute Gasteiger partial charge is 0.161 e. The Morgan fingerprint density at radius 1 is 1.60 bits per heavy atom. The first-order chi connectivity index (χ1) is 7.04. The van der Waals surface area contributed by atoms with Crippen molar-refractivity contribution >= 4 is 11.5 Å². The summed E-state index contributed by atoms with van der Waals surface area (Å²) in [5.74, 6) is -0.172. The maximum Gasteiger partial charge on any atom is 0.161 e. The second-order valence-corrected chi connectivity index (χ2v) is 3.35. The number of hydrogen-bond acceptors (Lipinski definition) is 3. The molecule has 5 heteroatoms.